The van der Waals surface area contributed by atoms with Crippen molar-refractivity contribution >= 4 is 11.8 Å². The Morgan fingerprint density at radius 3 is 2.71 bits per heavy atom. The van der Waals surface area contributed by atoms with Crippen molar-refractivity contribution in [2.24, 2.45) is 0 Å². The lowest BCUT2D eigenvalue weighted by Crippen LogP contribution is -2.30. The zero-order valence-corrected chi connectivity index (χ0v) is 13.6. The summed E-state index contributed by atoms with van der Waals surface area (Å²) in [7, 11) is 1.72. The van der Waals surface area contributed by atoms with E-state index in [0.717, 1.165) is 12.0 Å². The summed E-state index contributed by atoms with van der Waals surface area (Å²) in [4.78, 5) is 34.0. The summed E-state index contributed by atoms with van der Waals surface area (Å²) < 4.78 is 0. The van der Waals surface area contributed by atoms with Crippen LogP contribution in [0.1, 0.15) is 26.4 Å². The zero-order chi connectivity index (χ0) is 17.4. The first-order chi connectivity index (χ1) is 11.6. The van der Waals surface area contributed by atoms with E-state index >= 15 is 0 Å². The van der Waals surface area contributed by atoms with Gasteiger partial charge in [-0.05, 0) is 36.2 Å². The van der Waals surface area contributed by atoms with Gasteiger partial charge in [0.15, 0.2) is 0 Å². The van der Waals surface area contributed by atoms with Gasteiger partial charge in [0.05, 0.1) is 0 Å². The predicted molar refractivity (Wildman–Crippen MR) is 91.7 cm³/mol. The van der Waals surface area contributed by atoms with Crippen LogP contribution in [0.3, 0.4) is 0 Å². The van der Waals surface area contributed by atoms with Crippen LogP contribution in [0.2, 0.25) is 0 Å². The van der Waals surface area contributed by atoms with Gasteiger partial charge in [-0.15, -0.1) is 6.58 Å². The Labute approximate surface area is 141 Å². The fourth-order valence-corrected chi connectivity index (χ4v) is 2.10. The molecule has 2 amide bonds. The second-order valence-corrected chi connectivity index (χ2v) is 5.26. The van der Waals surface area contributed by atoms with Crippen molar-refractivity contribution in [3.05, 3.63) is 72.3 Å². The van der Waals surface area contributed by atoms with Crippen LogP contribution < -0.4 is 5.32 Å². The molecule has 0 unspecified atom stereocenters. The molecule has 2 heterocycles. The first-order valence-corrected chi connectivity index (χ1v) is 7.61. The molecule has 0 fully saturated rings. The summed E-state index contributed by atoms with van der Waals surface area (Å²) in [5.41, 5.74) is 1.76. The van der Waals surface area contributed by atoms with E-state index in [1.807, 2.05) is 12.1 Å². The van der Waals surface area contributed by atoms with Gasteiger partial charge in [0.25, 0.3) is 11.8 Å². The molecule has 0 atom stereocenters. The van der Waals surface area contributed by atoms with Crippen molar-refractivity contribution in [2.45, 2.75) is 6.42 Å². The predicted octanol–water partition coefficient (Wildman–Crippen LogP) is 1.71. The smallest absolute Gasteiger partial charge is 0.272 e. The molecule has 6 nitrogen and oxygen atoms in total. The Balaban J connectivity index is 2.00. The minimum atomic E-state index is -0.259. The van der Waals surface area contributed by atoms with Gasteiger partial charge in [-0.2, -0.15) is 0 Å². The van der Waals surface area contributed by atoms with E-state index in [9.17, 15) is 9.59 Å². The number of rotatable bonds is 7. The van der Waals surface area contributed by atoms with E-state index in [1.54, 1.807) is 36.5 Å². The molecule has 124 valence electrons. The monoisotopic (exact) mass is 324 g/mol. The molecular weight excluding hydrogens is 304 g/mol. The first-order valence-electron chi connectivity index (χ1n) is 7.61. The molecule has 6 heteroatoms. The van der Waals surface area contributed by atoms with Gasteiger partial charge >= 0.3 is 0 Å². The number of hydrogen-bond acceptors (Lipinski definition) is 4. The first kappa shape index (κ1) is 17.3. The van der Waals surface area contributed by atoms with Gasteiger partial charge in [-0.25, -0.2) is 0 Å². The summed E-state index contributed by atoms with van der Waals surface area (Å²) in [6.07, 6.45) is 7.24. The van der Waals surface area contributed by atoms with Crippen LogP contribution in [0.25, 0.3) is 0 Å². The zero-order valence-electron chi connectivity index (χ0n) is 13.6. The Morgan fingerprint density at radius 2 is 2.00 bits per heavy atom. The summed E-state index contributed by atoms with van der Waals surface area (Å²) >= 11 is 0. The maximum Gasteiger partial charge on any atom is 0.272 e. The van der Waals surface area contributed by atoms with Crippen molar-refractivity contribution in [1.29, 1.82) is 0 Å². The van der Waals surface area contributed by atoms with Crippen molar-refractivity contribution in [3.8, 4) is 0 Å². The van der Waals surface area contributed by atoms with Gasteiger partial charge in [0, 0.05) is 44.3 Å². The fraction of sp³-hybridized carbons (Fsp3) is 0.222. The molecule has 0 saturated carbocycles. The maximum absolute atomic E-state index is 12.5. The molecule has 2 rings (SSSR count). The highest BCUT2D eigenvalue weighted by Gasteiger charge is 2.15. The second kappa shape index (κ2) is 8.57. The molecule has 24 heavy (non-hydrogen) atoms. The molecule has 1 N–H and O–H groups in total. The third-order valence-electron chi connectivity index (χ3n) is 3.48. The van der Waals surface area contributed by atoms with E-state index in [-0.39, 0.29) is 17.5 Å². The largest absolute Gasteiger partial charge is 0.349 e. The lowest BCUT2D eigenvalue weighted by atomic mass is 10.1. The number of hydrogen-bond donors (Lipinski definition) is 1. The molecular formula is C18H20N4O2. The molecule has 0 aliphatic carbocycles. The molecule has 0 aliphatic rings. The standard InChI is InChI=1S/C18H20N4O2/c1-3-8-21-17(23)15-6-11-20-16(13-15)18(24)22(2)12-7-14-4-9-19-10-5-14/h3-6,9-11,13H,1,7-8,12H2,2H3,(H,21,23). The van der Waals surface area contributed by atoms with Crippen LogP contribution in [0.5, 0.6) is 0 Å². The molecule has 0 radical (unpaired) electrons. The third kappa shape index (κ3) is 4.74. The summed E-state index contributed by atoms with van der Waals surface area (Å²) in [6, 6.07) is 6.91. The number of carbonyl (C=O) groups excluding carboxylic acids is 2. The van der Waals surface area contributed by atoms with Gasteiger partial charge in [-0.3, -0.25) is 19.6 Å². The highest BCUT2D eigenvalue weighted by atomic mass is 16.2. The Bertz CT molecular complexity index is 716. The average Bonchev–Trinajstić information content (AvgIpc) is 2.64. The third-order valence-corrected chi connectivity index (χ3v) is 3.48. The quantitative estimate of drug-likeness (QED) is 0.787. The van der Waals surface area contributed by atoms with Crippen LogP contribution in [0, 0.1) is 0 Å². The molecule has 2 aromatic rings. The molecule has 0 saturated heterocycles. The van der Waals surface area contributed by atoms with Gasteiger partial charge in [0.1, 0.15) is 5.69 Å². The minimum absolute atomic E-state index is 0.220. The van der Waals surface area contributed by atoms with E-state index in [1.165, 1.54) is 12.3 Å². The number of nitrogens with one attached hydrogen (secondary N) is 1. The number of aromatic nitrogens is 2. The normalized spacial score (nSPS) is 10.0. The minimum Gasteiger partial charge on any atom is -0.349 e. The fourth-order valence-electron chi connectivity index (χ4n) is 2.10. The van der Waals surface area contributed by atoms with Gasteiger partial charge in [0.2, 0.25) is 0 Å². The van der Waals surface area contributed by atoms with Crippen molar-refractivity contribution in [3.63, 3.8) is 0 Å². The molecule has 0 aromatic carbocycles. The highest BCUT2D eigenvalue weighted by Crippen LogP contribution is 2.06. The molecule has 0 aliphatic heterocycles. The molecule has 0 bridgehead atoms. The Kier molecular flexibility index (Phi) is 6.19. The van der Waals surface area contributed by atoms with Crippen molar-refractivity contribution in [1.82, 2.24) is 20.2 Å². The van der Waals surface area contributed by atoms with Crippen molar-refractivity contribution in [2.75, 3.05) is 20.1 Å². The van der Waals surface area contributed by atoms with E-state index in [4.69, 9.17) is 0 Å². The number of nitrogens with zero attached hydrogens (tertiary/aromatic N) is 3. The summed E-state index contributed by atoms with van der Waals surface area (Å²) in [5, 5.41) is 2.68. The lowest BCUT2D eigenvalue weighted by molar-refractivity contribution is 0.0791. The van der Waals surface area contributed by atoms with Gasteiger partial charge in [-0.1, -0.05) is 6.08 Å². The summed E-state index contributed by atoms with van der Waals surface area (Å²) in [6.45, 7) is 4.47. The van der Waals surface area contributed by atoms with Crippen LogP contribution in [-0.2, 0) is 6.42 Å². The van der Waals surface area contributed by atoms with E-state index in [2.05, 4.69) is 21.9 Å². The van der Waals surface area contributed by atoms with E-state index in [0.29, 0.717) is 18.7 Å². The lowest BCUT2D eigenvalue weighted by Gasteiger charge is -2.17. The second-order valence-electron chi connectivity index (χ2n) is 5.26. The van der Waals surface area contributed by atoms with Crippen molar-refractivity contribution < 1.29 is 9.59 Å². The van der Waals surface area contributed by atoms with Crippen LogP contribution in [0.4, 0.5) is 0 Å². The van der Waals surface area contributed by atoms with E-state index < -0.39 is 0 Å². The van der Waals surface area contributed by atoms with Crippen LogP contribution in [-0.4, -0.2) is 46.8 Å². The van der Waals surface area contributed by atoms with Gasteiger partial charge < -0.3 is 10.2 Å². The van der Waals surface area contributed by atoms with Crippen LogP contribution in [0.15, 0.2) is 55.5 Å². The highest BCUT2D eigenvalue weighted by molar-refractivity contribution is 5.98. The number of carbonyl (C=O) groups is 2. The Morgan fingerprint density at radius 1 is 1.25 bits per heavy atom. The topological polar surface area (TPSA) is 75.2 Å². The molecule has 2 aromatic heterocycles. The number of likely N-dealkylation sites (N-methyl/N-ethyl adjacent to an activating group) is 1. The van der Waals surface area contributed by atoms with Crippen LogP contribution >= 0.6 is 0 Å². The molecule has 0 spiro atoms. The maximum atomic E-state index is 12.5. The number of pyridine rings is 2. The SMILES string of the molecule is C=CCNC(=O)c1ccnc(C(=O)N(C)CCc2ccncc2)c1. The number of amides is 2. The average molecular weight is 324 g/mol. The Hall–Kier alpha value is -3.02. The summed E-state index contributed by atoms with van der Waals surface area (Å²) in [5.74, 6) is -0.479.